The van der Waals surface area contributed by atoms with E-state index in [2.05, 4.69) is 46.1 Å². The van der Waals surface area contributed by atoms with Crippen LogP contribution in [0.4, 0.5) is 17.5 Å². The summed E-state index contributed by atoms with van der Waals surface area (Å²) in [6, 6.07) is 8.09. The molecule has 0 spiro atoms. The van der Waals surface area contributed by atoms with Gasteiger partial charge in [0.2, 0.25) is 11.9 Å². The minimum Gasteiger partial charge on any atom is -0.369 e. The van der Waals surface area contributed by atoms with E-state index in [0.29, 0.717) is 11.9 Å². The summed E-state index contributed by atoms with van der Waals surface area (Å²) in [7, 11) is 0. The lowest BCUT2D eigenvalue weighted by Gasteiger charge is -2.27. The summed E-state index contributed by atoms with van der Waals surface area (Å²) in [5.74, 6) is 1.33. The number of primary amides is 1. The van der Waals surface area contributed by atoms with Gasteiger partial charge < -0.3 is 21.4 Å². The number of rotatable bonds is 5. The lowest BCUT2D eigenvalue weighted by atomic mass is 9.88. The number of H-pyrrole nitrogens is 1. The van der Waals surface area contributed by atoms with Crippen LogP contribution in [-0.4, -0.2) is 26.9 Å². The molecule has 1 aromatic carbocycles. The summed E-state index contributed by atoms with van der Waals surface area (Å²) in [4.78, 5) is 24.9. The monoisotopic (exact) mass is 430 g/mol. The SMILES string of the molecule is Cc1csc2c(NC3C4C=CC(C4)C3C(N)=O)nc(Nc3ccc4[nH]ccc4c3)nc12. The van der Waals surface area contributed by atoms with Gasteiger partial charge >= 0.3 is 0 Å². The van der Waals surface area contributed by atoms with E-state index >= 15 is 0 Å². The summed E-state index contributed by atoms with van der Waals surface area (Å²) in [5.41, 5.74) is 9.78. The van der Waals surface area contributed by atoms with Crippen molar-refractivity contribution in [3.05, 3.63) is 53.6 Å². The molecule has 2 aliphatic carbocycles. The lowest BCUT2D eigenvalue weighted by molar-refractivity contribution is -0.122. The molecule has 4 atom stereocenters. The zero-order valence-electron chi connectivity index (χ0n) is 16.9. The highest BCUT2D eigenvalue weighted by molar-refractivity contribution is 7.18. The number of anilines is 3. The molecule has 5 N–H and O–H groups in total. The van der Waals surface area contributed by atoms with Gasteiger partial charge in [0.1, 0.15) is 5.82 Å². The van der Waals surface area contributed by atoms with E-state index in [4.69, 9.17) is 15.7 Å². The molecule has 2 aliphatic rings. The van der Waals surface area contributed by atoms with Crippen molar-refractivity contribution in [1.29, 1.82) is 0 Å². The fraction of sp³-hybridized carbons (Fsp3) is 0.261. The summed E-state index contributed by atoms with van der Waals surface area (Å²) < 4.78 is 0.999. The van der Waals surface area contributed by atoms with Crippen LogP contribution in [0.25, 0.3) is 21.1 Å². The molecule has 2 bridgehead atoms. The van der Waals surface area contributed by atoms with Crippen molar-refractivity contribution in [2.24, 2.45) is 23.5 Å². The average molecular weight is 431 g/mol. The Morgan fingerprint density at radius 2 is 2.10 bits per heavy atom. The molecular weight excluding hydrogens is 408 g/mol. The molecule has 31 heavy (non-hydrogen) atoms. The number of hydrogen-bond donors (Lipinski definition) is 4. The number of nitrogens with two attached hydrogens (primary N) is 1. The number of fused-ring (bicyclic) bond motifs is 4. The first-order chi connectivity index (χ1) is 15.1. The van der Waals surface area contributed by atoms with E-state index in [-0.39, 0.29) is 23.8 Å². The molecule has 6 rings (SSSR count). The zero-order chi connectivity index (χ0) is 21.1. The number of amides is 1. The summed E-state index contributed by atoms with van der Waals surface area (Å²) in [6.07, 6.45) is 7.22. The maximum Gasteiger partial charge on any atom is 0.229 e. The van der Waals surface area contributed by atoms with Crippen LogP contribution < -0.4 is 16.4 Å². The number of nitrogens with one attached hydrogen (secondary N) is 3. The highest BCUT2D eigenvalue weighted by Gasteiger charge is 2.47. The quantitative estimate of drug-likeness (QED) is 0.353. The van der Waals surface area contributed by atoms with E-state index in [1.807, 2.05) is 24.4 Å². The Morgan fingerprint density at radius 3 is 2.97 bits per heavy atom. The van der Waals surface area contributed by atoms with E-state index in [9.17, 15) is 4.79 Å². The lowest BCUT2D eigenvalue weighted by Crippen LogP contribution is -2.41. The number of benzene rings is 1. The third-order valence-corrected chi connectivity index (χ3v) is 7.59. The second-order valence-electron chi connectivity index (χ2n) is 8.44. The number of allylic oxidation sites excluding steroid dienone is 1. The van der Waals surface area contributed by atoms with Gasteiger partial charge in [0.25, 0.3) is 0 Å². The number of aromatic amines is 1. The smallest absolute Gasteiger partial charge is 0.229 e. The molecule has 7 nitrogen and oxygen atoms in total. The third kappa shape index (κ3) is 2.97. The average Bonchev–Trinajstić information content (AvgIpc) is 3.52. The Morgan fingerprint density at radius 1 is 1.23 bits per heavy atom. The molecule has 0 saturated heterocycles. The van der Waals surface area contributed by atoms with Crippen LogP contribution in [0, 0.1) is 24.7 Å². The Labute approximate surface area is 182 Å². The van der Waals surface area contributed by atoms with Crippen molar-refractivity contribution in [3.63, 3.8) is 0 Å². The molecule has 4 aromatic rings. The number of carbonyl (C=O) groups is 1. The molecule has 4 unspecified atom stereocenters. The van der Waals surface area contributed by atoms with Gasteiger partial charge in [-0.05, 0) is 60.4 Å². The van der Waals surface area contributed by atoms with Crippen molar-refractivity contribution >= 4 is 55.8 Å². The largest absolute Gasteiger partial charge is 0.369 e. The third-order valence-electron chi connectivity index (χ3n) is 6.49. The van der Waals surface area contributed by atoms with Gasteiger partial charge in [-0.1, -0.05) is 12.2 Å². The van der Waals surface area contributed by atoms with Gasteiger partial charge in [0.15, 0.2) is 0 Å². The van der Waals surface area contributed by atoms with E-state index in [1.165, 1.54) is 0 Å². The van der Waals surface area contributed by atoms with Crippen LogP contribution in [0.1, 0.15) is 12.0 Å². The van der Waals surface area contributed by atoms with Crippen LogP contribution in [0.5, 0.6) is 0 Å². The molecule has 8 heteroatoms. The van der Waals surface area contributed by atoms with Crippen LogP contribution in [0.15, 0.2) is 48.0 Å². The first-order valence-corrected chi connectivity index (χ1v) is 11.3. The number of nitrogens with zero attached hydrogens (tertiary/aromatic N) is 2. The second-order valence-corrected chi connectivity index (χ2v) is 9.32. The van der Waals surface area contributed by atoms with Crippen molar-refractivity contribution in [1.82, 2.24) is 15.0 Å². The Hall–Kier alpha value is -3.39. The molecule has 3 aromatic heterocycles. The Bertz CT molecular complexity index is 1350. The summed E-state index contributed by atoms with van der Waals surface area (Å²) in [6.45, 7) is 2.05. The van der Waals surface area contributed by atoms with Crippen LogP contribution in [0.2, 0.25) is 0 Å². The van der Waals surface area contributed by atoms with Crippen LogP contribution >= 0.6 is 11.3 Å². The first-order valence-electron chi connectivity index (χ1n) is 10.4. The van der Waals surface area contributed by atoms with Gasteiger partial charge in [-0.15, -0.1) is 11.3 Å². The minimum absolute atomic E-state index is 0.0444. The van der Waals surface area contributed by atoms with Crippen molar-refractivity contribution in [3.8, 4) is 0 Å². The van der Waals surface area contributed by atoms with Crippen molar-refractivity contribution < 1.29 is 4.79 Å². The second kappa shape index (κ2) is 6.81. The molecule has 156 valence electrons. The maximum absolute atomic E-state index is 12.2. The highest BCUT2D eigenvalue weighted by Crippen LogP contribution is 2.45. The van der Waals surface area contributed by atoms with E-state index in [0.717, 1.165) is 44.6 Å². The van der Waals surface area contributed by atoms with Crippen molar-refractivity contribution in [2.45, 2.75) is 19.4 Å². The topological polar surface area (TPSA) is 109 Å². The number of aromatic nitrogens is 3. The van der Waals surface area contributed by atoms with E-state index in [1.54, 1.807) is 11.3 Å². The summed E-state index contributed by atoms with van der Waals surface area (Å²) in [5, 5.41) is 10.1. The van der Waals surface area contributed by atoms with Gasteiger partial charge in [-0.3, -0.25) is 4.79 Å². The molecule has 1 amide bonds. The fourth-order valence-electron chi connectivity index (χ4n) is 5.01. The normalized spacial score (nSPS) is 24.3. The first kappa shape index (κ1) is 18.4. The van der Waals surface area contributed by atoms with Crippen LogP contribution in [0.3, 0.4) is 0 Å². The number of aryl methyl sites for hydroxylation is 1. The molecule has 3 heterocycles. The molecule has 0 radical (unpaired) electrons. The number of hydrogen-bond acceptors (Lipinski definition) is 6. The fourth-order valence-corrected chi connectivity index (χ4v) is 5.95. The van der Waals surface area contributed by atoms with Gasteiger partial charge in [-0.2, -0.15) is 4.98 Å². The summed E-state index contributed by atoms with van der Waals surface area (Å²) >= 11 is 1.62. The molecule has 1 saturated carbocycles. The van der Waals surface area contributed by atoms with Gasteiger partial charge in [0.05, 0.1) is 16.1 Å². The number of thiophene rings is 1. The molecule has 0 aliphatic heterocycles. The predicted molar refractivity (Wildman–Crippen MR) is 125 cm³/mol. The standard InChI is InChI=1S/C23H22N6OS/c1-11-10-31-20-18(11)28-23(26-15-4-5-16-12(9-15)6-7-25-16)29-22(20)27-19-14-3-2-13(8-14)17(19)21(24)30/h2-7,9-10,13-14,17,19,25H,8H2,1H3,(H2,24,30)(H2,26,27,28,29). The van der Waals surface area contributed by atoms with Crippen LogP contribution in [-0.2, 0) is 4.79 Å². The minimum atomic E-state index is -0.250. The molecule has 1 fully saturated rings. The highest BCUT2D eigenvalue weighted by atomic mass is 32.1. The zero-order valence-corrected chi connectivity index (χ0v) is 17.7. The van der Waals surface area contributed by atoms with Gasteiger partial charge in [-0.25, -0.2) is 4.98 Å². The Balaban J connectivity index is 1.38. The van der Waals surface area contributed by atoms with Crippen molar-refractivity contribution in [2.75, 3.05) is 10.6 Å². The van der Waals surface area contributed by atoms with Gasteiger partial charge in [0, 0.05) is 28.8 Å². The number of carbonyl (C=O) groups excluding carboxylic acids is 1. The Kier molecular flexibility index (Phi) is 4.04. The predicted octanol–water partition coefficient (Wildman–Crippen LogP) is 4.31. The maximum atomic E-state index is 12.2. The molecular formula is C23H22N6OS. The van der Waals surface area contributed by atoms with E-state index < -0.39 is 0 Å².